The summed E-state index contributed by atoms with van der Waals surface area (Å²) < 4.78 is 0. The number of hydrogen-bond acceptors (Lipinski definition) is 2. The van der Waals surface area contributed by atoms with E-state index in [-0.39, 0.29) is 35.6 Å². The van der Waals surface area contributed by atoms with Gasteiger partial charge in [0, 0.05) is 12.5 Å². The molecule has 1 aliphatic heterocycles. The second-order valence-corrected chi connectivity index (χ2v) is 8.01. The van der Waals surface area contributed by atoms with Gasteiger partial charge in [-0.05, 0) is 29.4 Å². The van der Waals surface area contributed by atoms with E-state index in [1.54, 1.807) is 0 Å². The number of nitrogens with zero attached hydrogens (tertiary/aromatic N) is 1. The predicted molar refractivity (Wildman–Crippen MR) is 105 cm³/mol. The number of hydrogen-bond donors (Lipinski definition) is 1. The maximum absolute atomic E-state index is 13.3. The average Bonchev–Trinajstić information content (AvgIpc) is 3.48. The minimum absolute atomic E-state index is 0.00373. The summed E-state index contributed by atoms with van der Waals surface area (Å²) in [6, 6.07) is 19.6. The summed E-state index contributed by atoms with van der Waals surface area (Å²) >= 11 is 0. The van der Waals surface area contributed by atoms with Crippen molar-refractivity contribution in [1.29, 1.82) is 0 Å². The molecule has 0 bridgehead atoms. The summed E-state index contributed by atoms with van der Waals surface area (Å²) in [6.45, 7) is 4.55. The van der Waals surface area contributed by atoms with Crippen LogP contribution < -0.4 is 5.32 Å². The Morgan fingerprint density at radius 3 is 2.19 bits per heavy atom. The molecular formula is C23H26N2O2. The molecule has 0 radical (unpaired) electrons. The lowest BCUT2D eigenvalue weighted by molar-refractivity contribution is -0.147. The lowest BCUT2D eigenvalue weighted by Gasteiger charge is -2.41. The molecule has 1 N–H and O–H groups in total. The van der Waals surface area contributed by atoms with Crippen molar-refractivity contribution < 1.29 is 9.59 Å². The van der Waals surface area contributed by atoms with Gasteiger partial charge in [-0.2, -0.15) is 0 Å². The molecule has 0 spiro atoms. The zero-order chi connectivity index (χ0) is 19.0. The van der Waals surface area contributed by atoms with Gasteiger partial charge in [0.05, 0.1) is 6.04 Å². The molecule has 4 nitrogen and oxygen atoms in total. The van der Waals surface area contributed by atoms with Gasteiger partial charge in [-0.15, -0.1) is 0 Å². The van der Waals surface area contributed by atoms with Gasteiger partial charge in [-0.25, -0.2) is 0 Å². The zero-order valence-electron chi connectivity index (χ0n) is 15.8. The van der Waals surface area contributed by atoms with Gasteiger partial charge in [-0.1, -0.05) is 74.5 Å². The van der Waals surface area contributed by atoms with E-state index < -0.39 is 6.04 Å². The number of nitrogens with one attached hydrogen (secondary N) is 1. The van der Waals surface area contributed by atoms with Crippen LogP contribution in [0, 0.1) is 11.8 Å². The van der Waals surface area contributed by atoms with Gasteiger partial charge < -0.3 is 10.2 Å². The summed E-state index contributed by atoms with van der Waals surface area (Å²) in [5.74, 6) is 0.441. The van der Waals surface area contributed by atoms with Crippen molar-refractivity contribution in [3.8, 4) is 0 Å². The number of benzene rings is 2. The van der Waals surface area contributed by atoms with E-state index in [0.717, 1.165) is 12.0 Å². The molecule has 2 aromatic rings. The third kappa shape index (κ3) is 3.48. The van der Waals surface area contributed by atoms with E-state index in [1.807, 2.05) is 67.3 Å². The van der Waals surface area contributed by atoms with E-state index in [4.69, 9.17) is 0 Å². The second kappa shape index (κ2) is 7.18. The first-order valence-electron chi connectivity index (χ1n) is 9.77. The van der Waals surface area contributed by atoms with Crippen LogP contribution in [0.4, 0.5) is 0 Å². The van der Waals surface area contributed by atoms with Crippen molar-refractivity contribution in [2.24, 2.45) is 11.8 Å². The standard InChI is InChI=1S/C23H26N2O2/c1-15(2)21-22(26)24-20(17-11-7-4-8-12-17)14-25(21)23(27)19-13-18(19)16-9-5-3-6-10-16/h3-12,15,18-21H,13-14H2,1-2H3,(H,24,26). The van der Waals surface area contributed by atoms with Crippen molar-refractivity contribution in [1.82, 2.24) is 10.2 Å². The van der Waals surface area contributed by atoms with Crippen LogP contribution >= 0.6 is 0 Å². The summed E-state index contributed by atoms with van der Waals surface area (Å²) in [4.78, 5) is 28.0. The molecule has 4 heteroatoms. The minimum Gasteiger partial charge on any atom is -0.346 e. The predicted octanol–water partition coefficient (Wildman–Crippen LogP) is 3.51. The fourth-order valence-electron chi connectivity index (χ4n) is 4.27. The van der Waals surface area contributed by atoms with Crippen LogP contribution in [0.3, 0.4) is 0 Å². The van der Waals surface area contributed by atoms with Crippen LogP contribution in [0.15, 0.2) is 60.7 Å². The first-order valence-corrected chi connectivity index (χ1v) is 9.77. The molecule has 140 valence electrons. The number of amides is 2. The summed E-state index contributed by atoms with van der Waals surface area (Å²) in [6.07, 6.45) is 0.877. The molecule has 27 heavy (non-hydrogen) atoms. The Morgan fingerprint density at radius 2 is 1.59 bits per heavy atom. The Balaban J connectivity index is 1.56. The van der Waals surface area contributed by atoms with E-state index in [1.165, 1.54) is 5.56 Å². The van der Waals surface area contributed by atoms with Crippen molar-refractivity contribution in [3.05, 3.63) is 71.8 Å². The largest absolute Gasteiger partial charge is 0.346 e. The SMILES string of the molecule is CC(C)C1C(=O)NC(c2ccccc2)CN1C(=O)C1CC1c1ccccc1. The van der Waals surface area contributed by atoms with Crippen LogP contribution in [0.1, 0.15) is 43.4 Å². The van der Waals surface area contributed by atoms with Gasteiger partial charge in [0.15, 0.2) is 0 Å². The Bertz CT molecular complexity index is 819. The number of carbonyl (C=O) groups is 2. The monoisotopic (exact) mass is 362 g/mol. The molecular weight excluding hydrogens is 336 g/mol. The fraction of sp³-hybridized carbons (Fsp3) is 0.391. The van der Waals surface area contributed by atoms with Gasteiger partial charge >= 0.3 is 0 Å². The summed E-state index contributed by atoms with van der Waals surface area (Å²) in [5.41, 5.74) is 2.26. The molecule has 2 fully saturated rings. The zero-order valence-corrected chi connectivity index (χ0v) is 15.8. The lowest BCUT2D eigenvalue weighted by atomic mass is 9.94. The lowest BCUT2D eigenvalue weighted by Crippen LogP contribution is -2.60. The fourth-order valence-corrected chi connectivity index (χ4v) is 4.27. The first kappa shape index (κ1) is 17.8. The molecule has 1 aliphatic carbocycles. The Morgan fingerprint density at radius 1 is 1.00 bits per heavy atom. The van der Waals surface area contributed by atoms with E-state index in [9.17, 15) is 9.59 Å². The van der Waals surface area contributed by atoms with E-state index in [0.29, 0.717) is 6.54 Å². The van der Waals surface area contributed by atoms with Crippen molar-refractivity contribution in [3.63, 3.8) is 0 Å². The number of carbonyl (C=O) groups excluding carboxylic acids is 2. The topological polar surface area (TPSA) is 49.4 Å². The van der Waals surface area contributed by atoms with Crippen LogP contribution in [-0.2, 0) is 9.59 Å². The molecule has 1 saturated heterocycles. The molecule has 4 unspecified atom stereocenters. The molecule has 0 aromatic heterocycles. The molecule has 4 atom stereocenters. The quantitative estimate of drug-likeness (QED) is 0.905. The molecule has 1 saturated carbocycles. The smallest absolute Gasteiger partial charge is 0.243 e. The van der Waals surface area contributed by atoms with Crippen LogP contribution in [0.25, 0.3) is 0 Å². The number of piperazine rings is 1. The third-order valence-electron chi connectivity index (χ3n) is 5.75. The highest BCUT2D eigenvalue weighted by molar-refractivity contribution is 5.91. The Kier molecular flexibility index (Phi) is 4.73. The first-order chi connectivity index (χ1) is 13.1. The molecule has 2 amide bonds. The van der Waals surface area contributed by atoms with Crippen LogP contribution in [0.2, 0.25) is 0 Å². The summed E-state index contributed by atoms with van der Waals surface area (Å²) in [7, 11) is 0. The van der Waals surface area contributed by atoms with E-state index >= 15 is 0 Å². The normalized spacial score (nSPS) is 27.4. The Hall–Kier alpha value is -2.62. The Labute approximate surface area is 160 Å². The van der Waals surface area contributed by atoms with Gasteiger partial charge in [0.2, 0.25) is 11.8 Å². The molecule has 4 rings (SSSR count). The van der Waals surface area contributed by atoms with Crippen molar-refractivity contribution in [2.45, 2.75) is 38.3 Å². The highest BCUT2D eigenvalue weighted by Crippen LogP contribution is 2.49. The summed E-state index contributed by atoms with van der Waals surface area (Å²) in [5, 5.41) is 3.12. The second-order valence-electron chi connectivity index (χ2n) is 8.01. The van der Waals surface area contributed by atoms with Crippen LogP contribution in [0.5, 0.6) is 0 Å². The minimum atomic E-state index is -0.394. The average molecular weight is 362 g/mol. The third-order valence-corrected chi connectivity index (χ3v) is 5.75. The highest BCUT2D eigenvalue weighted by Gasteiger charge is 2.49. The van der Waals surface area contributed by atoms with Gasteiger partial charge in [0.25, 0.3) is 0 Å². The van der Waals surface area contributed by atoms with Crippen molar-refractivity contribution in [2.75, 3.05) is 6.54 Å². The van der Waals surface area contributed by atoms with E-state index in [2.05, 4.69) is 17.4 Å². The number of rotatable bonds is 4. The van der Waals surface area contributed by atoms with Gasteiger partial charge in [-0.3, -0.25) is 9.59 Å². The maximum Gasteiger partial charge on any atom is 0.243 e. The molecule has 1 heterocycles. The van der Waals surface area contributed by atoms with Crippen molar-refractivity contribution >= 4 is 11.8 Å². The maximum atomic E-state index is 13.3. The highest BCUT2D eigenvalue weighted by atomic mass is 16.2. The molecule has 2 aromatic carbocycles. The molecule has 2 aliphatic rings. The van der Waals surface area contributed by atoms with Gasteiger partial charge in [0.1, 0.15) is 6.04 Å². The van der Waals surface area contributed by atoms with Crippen LogP contribution in [-0.4, -0.2) is 29.3 Å².